The molecule has 0 fully saturated rings. The molecule has 1 aromatic heterocycles. The number of aromatic nitrogens is 1. The van der Waals surface area contributed by atoms with Crippen molar-refractivity contribution in [1.29, 1.82) is 5.26 Å². The Morgan fingerprint density at radius 2 is 1.64 bits per heavy atom. The molecule has 0 aliphatic rings. The summed E-state index contributed by atoms with van der Waals surface area (Å²) < 4.78 is 12.9. The van der Waals surface area contributed by atoms with E-state index in [1.807, 2.05) is 72.9 Å². The van der Waals surface area contributed by atoms with Crippen molar-refractivity contribution in [2.45, 2.75) is 0 Å². The first-order valence-electron chi connectivity index (χ1n) is 8.83. The highest BCUT2D eigenvalue weighted by Crippen LogP contribution is 2.34. The third kappa shape index (κ3) is 3.12. The SMILES string of the molecule is COc1cc2ccn(-c3ccc(C#N)c(Nc4ccccc4)c3)c2cc1OC. The maximum atomic E-state index is 9.49. The second-order valence-electron chi connectivity index (χ2n) is 6.28. The van der Waals surface area contributed by atoms with Crippen LogP contribution in [0.5, 0.6) is 11.5 Å². The van der Waals surface area contributed by atoms with Gasteiger partial charge in [0.05, 0.1) is 31.0 Å². The first-order chi connectivity index (χ1) is 13.7. The molecular weight excluding hydrogens is 350 g/mol. The Kier molecular flexibility index (Phi) is 4.61. The van der Waals surface area contributed by atoms with E-state index in [-0.39, 0.29) is 0 Å². The molecular formula is C23H19N3O2. The molecule has 0 radical (unpaired) electrons. The molecule has 4 rings (SSSR count). The van der Waals surface area contributed by atoms with Crippen molar-refractivity contribution in [2.24, 2.45) is 0 Å². The molecule has 1 heterocycles. The van der Waals surface area contributed by atoms with Crippen LogP contribution >= 0.6 is 0 Å². The smallest absolute Gasteiger partial charge is 0.162 e. The first kappa shape index (κ1) is 17.5. The predicted molar refractivity (Wildman–Crippen MR) is 111 cm³/mol. The van der Waals surface area contributed by atoms with Gasteiger partial charge in [-0.1, -0.05) is 18.2 Å². The van der Waals surface area contributed by atoms with E-state index in [2.05, 4.69) is 16.0 Å². The van der Waals surface area contributed by atoms with Crippen LogP contribution in [-0.2, 0) is 0 Å². The van der Waals surface area contributed by atoms with Crippen LogP contribution in [0.2, 0.25) is 0 Å². The van der Waals surface area contributed by atoms with Crippen LogP contribution in [0.3, 0.4) is 0 Å². The average Bonchev–Trinajstić information content (AvgIpc) is 3.16. The number of hydrogen-bond donors (Lipinski definition) is 1. The fourth-order valence-corrected chi connectivity index (χ4v) is 3.25. The molecule has 0 aliphatic carbocycles. The van der Waals surface area contributed by atoms with Gasteiger partial charge in [0, 0.05) is 29.0 Å². The van der Waals surface area contributed by atoms with E-state index < -0.39 is 0 Å². The van der Waals surface area contributed by atoms with Gasteiger partial charge in [0.15, 0.2) is 11.5 Å². The third-order valence-electron chi connectivity index (χ3n) is 4.65. The number of rotatable bonds is 5. The van der Waals surface area contributed by atoms with Gasteiger partial charge in [-0.2, -0.15) is 5.26 Å². The second-order valence-corrected chi connectivity index (χ2v) is 6.28. The van der Waals surface area contributed by atoms with Crippen molar-refractivity contribution in [3.8, 4) is 23.3 Å². The molecule has 0 spiro atoms. The van der Waals surface area contributed by atoms with Gasteiger partial charge in [0.25, 0.3) is 0 Å². The van der Waals surface area contributed by atoms with Crippen molar-refractivity contribution < 1.29 is 9.47 Å². The molecule has 0 saturated carbocycles. The molecule has 28 heavy (non-hydrogen) atoms. The molecule has 0 atom stereocenters. The van der Waals surface area contributed by atoms with Crippen LogP contribution in [0, 0.1) is 11.3 Å². The van der Waals surface area contributed by atoms with Crippen LogP contribution < -0.4 is 14.8 Å². The summed E-state index contributed by atoms with van der Waals surface area (Å²) in [6, 6.07) is 23.7. The molecule has 0 unspecified atom stereocenters. The average molecular weight is 369 g/mol. The molecule has 5 heteroatoms. The Hall–Kier alpha value is -3.91. The van der Waals surface area contributed by atoms with E-state index in [0.29, 0.717) is 17.1 Å². The van der Waals surface area contributed by atoms with Crippen molar-refractivity contribution in [3.63, 3.8) is 0 Å². The Bertz CT molecular complexity index is 1170. The maximum Gasteiger partial charge on any atom is 0.162 e. The highest BCUT2D eigenvalue weighted by molar-refractivity contribution is 5.86. The molecule has 0 aliphatic heterocycles. The Morgan fingerprint density at radius 1 is 0.893 bits per heavy atom. The standard InChI is InChI=1S/C23H19N3O2/c1-27-22-12-16-10-11-26(21(16)14-23(22)28-2)19-9-8-17(15-24)20(13-19)25-18-6-4-3-5-7-18/h3-14,25H,1-2H3. The Labute approximate surface area is 163 Å². The summed E-state index contributed by atoms with van der Waals surface area (Å²) in [4.78, 5) is 0. The number of nitrogens with one attached hydrogen (secondary N) is 1. The van der Waals surface area contributed by atoms with Crippen molar-refractivity contribution in [2.75, 3.05) is 19.5 Å². The van der Waals surface area contributed by atoms with Crippen LogP contribution in [0.4, 0.5) is 11.4 Å². The fraction of sp³-hybridized carbons (Fsp3) is 0.0870. The number of para-hydroxylation sites is 1. The van der Waals surface area contributed by atoms with Crippen molar-refractivity contribution in [3.05, 3.63) is 78.5 Å². The minimum atomic E-state index is 0.586. The molecule has 5 nitrogen and oxygen atoms in total. The fourth-order valence-electron chi connectivity index (χ4n) is 3.25. The van der Waals surface area contributed by atoms with Crippen molar-refractivity contribution in [1.82, 2.24) is 4.57 Å². The predicted octanol–water partition coefficient (Wildman–Crippen LogP) is 5.26. The lowest BCUT2D eigenvalue weighted by Crippen LogP contribution is -1.98. The van der Waals surface area contributed by atoms with Gasteiger partial charge in [-0.05, 0) is 42.5 Å². The zero-order chi connectivity index (χ0) is 19.5. The van der Waals surface area contributed by atoms with E-state index in [4.69, 9.17) is 9.47 Å². The van der Waals surface area contributed by atoms with Gasteiger partial charge in [-0.3, -0.25) is 0 Å². The summed E-state index contributed by atoms with van der Waals surface area (Å²) in [5.41, 5.74) is 4.21. The number of ether oxygens (including phenoxy) is 2. The number of fused-ring (bicyclic) bond motifs is 1. The minimum Gasteiger partial charge on any atom is -0.493 e. The van der Waals surface area contributed by atoms with Gasteiger partial charge in [0.1, 0.15) is 6.07 Å². The topological polar surface area (TPSA) is 59.2 Å². The molecule has 1 N–H and O–H groups in total. The largest absolute Gasteiger partial charge is 0.493 e. The van der Waals surface area contributed by atoms with Gasteiger partial charge >= 0.3 is 0 Å². The summed E-state index contributed by atoms with van der Waals surface area (Å²) >= 11 is 0. The maximum absolute atomic E-state index is 9.49. The van der Waals surface area contributed by atoms with Gasteiger partial charge in [-0.25, -0.2) is 0 Å². The molecule has 138 valence electrons. The summed E-state index contributed by atoms with van der Waals surface area (Å²) in [6.45, 7) is 0. The van der Waals surface area contributed by atoms with Crippen LogP contribution in [0.1, 0.15) is 5.56 Å². The highest BCUT2D eigenvalue weighted by atomic mass is 16.5. The van der Waals surface area contributed by atoms with Gasteiger partial charge < -0.3 is 19.4 Å². The lowest BCUT2D eigenvalue weighted by Gasteiger charge is -2.13. The van der Waals surface area contributed by atoms with Crippen LogP contribution in [-0.4, -0.2) is 18.8 Å². The van der Waals surface area contributed by atoms with Crippen LogP contribution in [0.25, 0.3) is 16.6 Å². The van der Waals surface area contributed by atoms with E-state index in [0.717, 1.165) is 28.0 Å². The molecule has 0 amide bonds. The monoisotopic (exact) mass is 369 g/mol. The molecule has 0 saturated heterocycles. The molecule has 4 aromatic rings. The number of anilines is 2. The summed E-state index contributed by atoms with van der Waals surface area (Å²) in [5.74, 6) is 1.37. The quantitative estimate of drug-likeness (QED) is 0.521. The molecule has 3 aromatic carbocycles. The third-order valence-corrected chi connectivity index (χ3v) is 4.65. The summed E-state index contributed by atoms with van der Waals surface area (Å²) in [7, 11) is 3.25. The highest BCUT2D eigenvalue weighted by Gasteiger charge is 2.12. The number of hydrogen-bond acceptors (Lipinski definition) is 4. The summed E-state index contributed by atoms with van der Waals surface area (Å²) in [6.07, 6.45) is 2.00. The second kappa shape index (κ2) is 7.37. The first-order valence-corrected chi connectivity index (χ1v) is 8.83. The minimum absolute atomic E-state index is 0.586. The number of methoxy groups -OCH3 is 2. The lowest BCUT2D eigenvalue weighted by molar-refractivity contribution is 0.356. The van der Waals surface area contributed by atoms with E-state index in [1.54, 1.807) is 14.2 Å². The number of nitrogens with zero attached hydrogens (tertiary/aromatic N) is 2. The zero-order valence-electron chi connectivity index (χ0n) is 15.6. The zero-order valence-corrected chi connectivity index (χ0v) is 15.6. The van der Waals surface area contributed by atoms with E-state index >= 15 is 0 Å². The Morgan fingerprint density at radius 3 is 2.36 bits per heavy atom. The Balaban J connectivity index is 1.81. The lowest BCUT2D eigenvalue weighted by atomic mass is 10.1. The van der Waals surface area contributed by atoms with Crippen LogP contribution in [0.15, 0.2) is 72.9 Å². The normalized spacial score (nSPS) is 10.5. The summed E-state index contributed by atoms with van der Waals surface area (Å²) in [5, 5.41) is 13.9. The van der Waals surface area contributed by atoms with E-state index in [9.17, 15) is 5.26 Å². The van der Waals surface area contributed by atoms with Gasteiger partial charge in [-0.15, -0.1) is 0 Å². The molecule has 0 bridgehead atoms. The van der Waals surface area contributed by atoms with Gasteiger partial charge in [0.2, 0.25) is 0 Å². The van der Waals surface area contributed by atoms with E-state index in [1.165, 1.54) is 0 Å². The number of benzene rings is 3. The number of nitriles is 1. The van der Waals surface area contributed by atoms with Crippen molar-refractivity contribution >= 4 is 22.3 Å².